The van der Waals surface area contributed by atoms with E-state index in [1.165, 1.54) is 38.0 Å². The number of rotatable bonds is 8. The Morgan fingerprint density at radius 2 is 1.85 bits per heavy atom. The molecule has 1 aliphatic heterocycles. The number of pyridine rings is 1. The number of benzene rings is 1. The third-order valence-corrected chi connectivity index (χ3v) is 8.93. The van der Waals surface area contributed by atoms with Gasteiger partial charge in [0.25, 0.3) is 0 Å². The molecule has 1 fully saturated rings. The van der Waals surface area contributed by atoms with Gasteiger partial charge in [0, 0.05) is 43.2 Å². The van der Waals surface area contributed by atoms with E-state index >= 15 is 0 Å². The van der Waals surface area contributed by atoms with Gasteiger partial charge in [0.1, 0.15) is 66.8 Å². The molecule has 2 aromatic heterocycles. The minimum atomic E-state index is -1.72. The third kappa shape index (κ3) is 8.48. The van der Waals surface area contributed by atoms with E-state index in [9.17, 15) is 23.6 Å². The zero-order valence-corrected chi connectivity index (χ0v) is 28.3. The number of carbonyl (C=O) groups is 2. The van der Waals surface area contributed by atoms with Crippen LogP contribution in [0.25, 0.3) is 11.3 Å². The molecule has 0 amide bonds. The predicted molar refractivity (Wildman–Crippen MR) is 166 cm³/mol. The maximum atomic E-state index is 14.3. The Hall–Kier alpha value is -3.86. The number of hydrogen-bond donors (Lipinski definition) is 0. The van der Waals surface area contributed by atoms with E-state index in [4.69, 9.17) is 30.5 Å². The van der Waals surface area contributed by atoms with Crippen molar-refractivity contribution in [1.82, 2.24) is 20.0 Å². The normalized spacial score (nSPS) is 21.1. The first-order chi connectivity index (χ1) is 21.7. The van der Waals surface area contributed by atoms with E-state index in [1.54, 1.807) is 6.07 Å². The van der Waals surface area contributed by atoms with Crippen LogP contribution in [0.3, 0.4) is 0 Å². The van der Waals surface area contributed by atoms with Crippen LogP contribution < -0.4 is 0 Å². The van der Waals surface area contributed by atoms with E-state index in [2.05, 4.69) is 52.5 Å². The van der Waals surface area contributed by atoms with Crippen molar-refractivity contribution in [2.45, 2.75) is 68.2 Å². The van der Waals surface area contributed by atoms with Gasteiger partial charge < -0.3 is 18.9 Å². The van der Waals surface area contributed by atoms with Crippen LogP contribution in [0.5, 0.6) is 0 Å². The Labute approximate surface area is 274 Å². The summed E-state index contributed by atoms with van der Waals surface area (Å²) in [6.07, 6.45) is -0.171. The van der Waals surface area contributed by atoms with Crippen LogP contribution in [0.15, 0.2) is 35.5 Å². The van der Waals surface area contributed by atoms with Crippen LogP contribution in [0.1, 0.15) is 31.1 Å². The van der Waals surface area contributed by atoms with E-state index < -0.39 is 66.5 Å². The number of methoxy groups -OCH3 is 1. The molecular weight excluding hydrogens is 660 g/mol. The highest BCUT2D eigenvalue weighted by molar-refractivity contribution is 7.99. The maximum absolute atomic E-state index is 14.3. The average Bonchev–Trinajstić information content (AvgIpc) is 3.47. The molecule has 3 aromatic rings. The van der Waals surface area contributed by atoms with Gasteiger partial charge in [-0.1, -0.05) is 54.1 Å². The summed E-state index contributed by atoms with van der Waals surface area (Å²) in [6, 6.07) is 4.87. The van der Waals surface area contributed by atoms with Crippen LogP contribution in [-0.2, 0) is 28.5 Å². The van der Waals surface area contributed by atoms with Gasteiger partial charge in [-0.25, -0.2) is 18.4 Å². The lowest BCUT2D eigenvalue weighted by atomic mass is 9.96. The van der Waals surface area contributed by atoms with Crippen LogP contribution in [0, 0.1) is 34.4 Å². The summed E-state index contributed by atoms with van der Waals surface area (Å²) in [5.74, 6) is -0.106. The van der Waals surface area contributed by atoms with Gasteiger partial charge in [0.2, 0.25) is 0 Å². The Morgan fingerprint density at radius 1 is 1.15 bits per heavy atom. The van der Waals surface area contributed by atoms with Crippen molar-refractivity contribution in [3.63, 3.8) is 0 Å². The molecule has 4 rings (SSSR count). The zero-order valence-electron chi connectivity index (χ0n) is 25.7. The van der Waals surface area contributed by atoms with Crippen molar-refractivity contribution >= 4 is 43.4 Å². The molecule has 1 saturated heterocycles. The maximum Gasteiger partial charge on any atom is 0.303 e. The molecular formula is C30H30ClF2N5O6SSi. The van der Waals surface area contributed by atoms with Gasteiger partial charge in [-0.05, 0) is 18.2 Å². The number of hydrogen-bond acceptors (Lipinski definition) is 11. The molecule has 1 aromatic carbocycles. The van der Waals surface area contributed by atoms with Crippen LogP contribution in [0.4, 0.5) is 8.78 Å². The first-order valence-electron chi connectivity index (χ1n) is 13.9. The number of halogens is 3. The van der Waals surface area contributed by atoms with Crippen molar-refractivity contribution in [1.29, 1.82) is 5.26 Å². The van der Waals surface area contributed by atoms with Crippen molar-refractivity contribution in [3.8, 4) is 28.8 Å². The summed E-state index contributed by atoms with van der Waals surface area (Å²) >= 11 is 6.77. The molecule has 5 atom stereocenters. The third-order valence-electron chi connectivity index (χ3n) is 6.52. The largest absolute Gasteiger partial charge is 0.463 e. The molecule has 0 saturated carbocycles. The molecule has 16 heteroatoms. The van der Waals surface area contributed by atoms with Crippen LogP contribution in [0.2, 0.25) is 24.7 Å². The zero-order chi connectivity index (χ0) is 33.8. The van der Waals surface area contributed by atoms with Crippen LogP contribution in [-0.4, -0.2) is 77.5 Å². The molecule has 0 radical (unpaired) electrons. The quantitative estimate of drug-likeness (QED) is 0.138. The second-order valence-corrected chi connectivity index (χ2v) is 17.5. The number of ether oxygens (including phenoxy) is 4. The number of nitriles is 1. The lowest BCUT2D eigenvalue weighted by Crippen LogP contribution is -2.57. The van der Waals surface area contributed by atoms with Crippen molar-refractivity contribution in [3.05, 3.63) is 58.5 Å². The smallest absolute Gasteiger partial charge is 0.303 e. The van der Waals surface area contributed by atoms with E-state index in [-0.39, 0.29) is 23.6 Å². The van der Waals surface area contributed by atoms with Gasteiger partial charge in [-0.15, -0.1) is 10.6 Å². The Kier molecular flexibility index (Phi) is 11.2. The van der Waals surface area contributed by atoms with Crippen molar-refractivity contribution in [2.75, 3.05) is 13.7 Å². The van der Waals surface area contributed by atoms with Crippen LogP contribution >= 0.6 is 23.4 Å². The molecule has 242 valence electrons. The van der Waals surface area contributed by atoms with Gasteiger partial charge >= 0.3 is 11.9 Å². The fourth-order valence-electron chi connectivity index (χ4n) is 4.54. The van der Waals surface area contributed by atoms with E-state index in [0.29, 0.717) is 10.5 Å². The molecule has 3 heterocycles. The highest BCUT2D eigenvalue weighted by atomic mass is 35.5. The first kappa shape index (κ1) is 35.0. The summed E-state index contributed by atoms with van der Waals surface area (Å²) in [7, 11) is -0.308. The highest BCUT2D eigenvalue weighted by Crippen LogP contribution is 2.42. The molecule has 46 heavy (non-hydrogen) atoms. The second kappa shape index (κ2) is 14.7. The van der Waals surface area contributed by atoms with E-state index in [0.717, 1.165) is 23.9 Å². The van der Waals surface area contributed by atoms with E-state index in [1.807, 2.05) is 0 Å². The number of thioether (sulfide) groups is 1. The molecule has 1 aliphatic rings. The minimum absolute atomic E-state index is 0.0547. The van der Waals surface area contributed by atoms with Gasteiger partial charge in [0.05, 0.1) is 6.20 Å². The van der Waals surface area contributed by atoms with Crippen molar-refractivity contribution < 1.29 is 37.3 Å². The molecule has 0 aliphatic carbocycles. The number of carbonyl (C=O) groups excluding carboxylic acids is 2. The second-order valence-electron chi connectivity index (χ2n) is 11.2. The Morgan fingerprint density at radius 3 is 2.43 bits per heavy atom. The lowest BCUT2D eigenvalue weighted by Gasteiger charge is -2.44. The van der Waals surface area contributed by atoms with Gasteiger partial charge in [-0.2, -0.15) is 5.26 Å². The molecule has 0 unspecified atom stereocenters. The minimum Gasteiger partial charge on any atom is -0.463 e. The summed E-state index contributed by atoms with van der Waals surface area (Å²) < 4.78 is 53.0. The molecule has 11 nitrogen and oxygen atoms in total. The van der Waals surface area contributed by atoms with Crippen molar-refractivity contribution in [2.24, 2.45) is 0 Å². The standard InChI is InChI=1S/C30H30ClF2N5O6SSi/c1-16(39)42-15-24-28(43-17(2)40)27(38-14-23(36-37-38)19-10-20(32)26(31)21(33)11-19)29(41-3)30(44-24)45-25-9-18(7-8-46(4,5)6)13-35-22(25)12-34/h9-11,13-14,24,27-30H,15H2,1-6H3/t24-,27+,28+,29-,30-/m1/s1. The number of aromatic nitrogens is 4. The Bertz CT molecular complexity index is 1710. The fraction of sp³-hybridized carbons (Fsp3) is 0.400. The SMILES string of the molecule is CO[C@@H]1[C@@H](n2cc(-c3cc(F)c(Cl)c(F)c3)nn2)[C@@H](OC(C)=O)[C@@H](COC(C)=O)O[C@@H]1Sc1cc(C#C[Si](C)(C)C)cnc1C#N. The van der Waals surface area contributed by atoms with Gasteiger partial charge in [-0.3, -0.25) is 9.59 Å². The van der Waals surface area contributed by atoms with Gasteiger partial charge in [0.15, 0.2) is 11.8 Å². The predicted octanol–water partition coefficient (Wildman–Crippen LogP) is 4.94. The lowest BCUT2D eigenvalue weighted by molar-refractivity contribution is -0.208. The summed E-state index contributed by atoms with van der Waals surface area (Å²) in [5.41, 5.74) is 3.22. The summed E-state index contributed by atoms with van der Waals surface area (Å²) in [4.78, 5) is 28.8. The molecule has 0 bridgehead atoms. The number of nitrogens with zero attached hydrogens (tertiary/aromatic N) is 5. The topological polar surface area (TPSA) is 138 Å². The molecule has 0 spiro atoms. The first-order valence-corrected chi connectivity index (χ1v) is 18.6. The summed E-state index contributed by atoms with van der Waals surface area (Å²) in [5, 5.41) is 17.4. The number of esters is 2. The fourth-order valence-corrected chi connectivity index (χ4v) is 6.43. The summed E-state index contributed by atoms with van der Waals surface area (Å²) in [6.45, 7) is 8.42. The monoisotopic (exact) mass is 689 g/mol. The molecule has 0 N–H and O–H groups in total. The highest BCUT2D eigenvalue weighted by Gasteiger charge is 2.51. The average molecular weight is 690 g/mol. The Balaban J connectivity index is 1.80.